The number of rotatable bonds is 6. The fraction of sp³-hybridized carbons (Fsp3) is 0.857. The Kier molecular flexibility index (Phi) is 6.41. The molecule has 0 spiro atoms. The number of hydrogen-bond donors (Lipinski definition) is 0. The number of ether oxygens (including phenoxy) is 1. The van der Waals surface area contributed by atoms with Crippen LogP contribution in [0.3, 0.4) is 0 Å². The Balaban J connectivity index is 1.24. The summed E-state index contributed by atoms with van der Waals surface area (Å²) in [7, 11) is 0. The fourth-order valence-corrected chi connectivity index (χ4v) is 9.31. The molecule has 5 rings (SSSR count). The summed E-state index contributed by atoms with van der Waals surface area (Å²) < 4.78 is 7.80. The van der Waals surface area contributed by atoms with Crippen molar-refractivity contribution in [3.63, 3.8) is 0 Å². The molecule has 1 aromatic rings. The number of fused-ring (bicyclic) bond motifs is 5. The van der Waals surface area contributed by atoms with Gasteiger partial charge in [0.25, 0.3) is 0 Å². The van der Waals surface area contributed by atoms with E-state index in [9.17, 15) is 0 Å². The second-order valence-corrected chi connectivity index (χ2v) is 12.0. The molecule has 9 atom stereocenters. The Morgan fingerprint density at radius 2 is 2.00 bits per heavy atom. The Bertz CT molecular complexity index is 827. The van der Waals surface area contributed by atoms with Crippen molar-refractivity contribution in [2.24, 2.45) is 52.8 Å². The van der Waals surface area contributed by atoms with Crippen molar-refractivity contribution in [3.8, 4) is 6.07 Å². The molecule has 4 aliphatic carbocycles. The van der Waals surface area contributed by atoms with Crippen LogP contribution in [0.4, 0.5) is 0 Å². The molecule has 4 fully saturated rings. The highest BCUT2D eigenvalue weighted by Crippen LogP contribution is 2.65. The fourth-order valence-electron chi connectivity index (χ4n) is 9.31. The van der Waals surface area contributed by atoms with Crippen molar-refractivity contribution in [2.75, 3.05) is 13.2 Å². The molecule has 4 aliphatic rings. The number of nitrogens with zero attached hydrogens (tertiary/aromatic N) is 3. The van der Waals surface area contributed by atoms with E-state index < -0.39 is 0 Å². The van der Waals surface area contributed by atoms with Crippen LogP contribution in [0.1, 0.15) is 84.3 Å². The lowest BCUT2D eigenvalue weighted by Gasteiger charge is -2.57. The van der Waals surface area contributed by atoms with E-state index in [0.29, 0.717) is 17.0 Å². The van der Waals surface area contributed by atoms with E-state index in [0.717, 1.165) is 61.2 Å². The highest BCUT2D eigenvalue weighted by molar-refractivity contribution is 5.16. The van der Waals surface area contributed by atoms with Crippen molar-refractivity contribution in [3.05, 3.63) is 18.0 Å². The van der Waals surface area contributed by atoms with Crippen LogP contribution in [0.5, 0.6) is 0 Å². The van der Waals surface area contributed by atoms with Crippen molar-refractivity contribution < 1.29 is 4.74 Å². The first-order valence-corrected chi connectivity index (χ1v) is 13.5. The Hall–Kier alpha value is -1.34. The molecule has 0 radical (unpaired) electrons. The summed E-state index contributed by atoms with van der Waals surface area (Å²) in [6, 6.07) is 4.02. The first kappa shape index (κ1) is 22.5. The van der Waals surface area contributed by atoms with Crippen LogP contribution in [0, 0.1) is 64.1 Å². The van der Waals surface area contributed by atoms with Gasteiger partial charge in [-0.15, -0.1) is 0 Å². The molecule has 0 aliphatic heterocycles. The molecule has 0 saturated heterocycles. The Labute approximate surface area is 195 Å². The summed E-state index contributed by atoms with van der Waals surface area (Å²) in [6.07, 6.45) is 15.0. The van der Waals surface area contributed by atoms with Gasteiger partial charge in [-0.25, -0.2) is 0 Å². The van der Waals surface area contributed by atoms with Crippen LogP contribution in [-0.2, 0) is 11.3 Å². The molecule has 8 unspecified atom stereocenters. The maximum atomic E-state index is 9.10. The van der Waals surface area contributed by atoms with Crippen LogP contribution in [0.2, 0.25) is 0 Å². The van der Waals surface area contributed by atoms with Crippen molar-refractivity contribution in [2.45, 2.75) is 85.1 Å². The molecular formula is C28H43N3O. The minimum Gasteiger partial charge on any atom is -0.381 e. The molecule has 1 heterocycles. The van der Waals surface area contributed by atoms with Gasteiger partial charge in [0.05, 0.1) is 0 Å². The monoisotopic (exact) mass is 437 g/mol. The van der Waals surface area contributed by atoms with E-state index in [1.807, 2.05) is 16.9 Å². The zero-order chi connectivity index (χ0) is 22.3. The largest absolute Gasteiger partial charge is 0.381 e. The molecule has 0 aromatic carbocycles. The topological polar surface area (TPSA) is 50.8 Å². The van der Waals surface area contributed by atoms with Gasteiger partial charge in [-0.1, -0.05) is 13.8 Å². The molecule has 0 amide bonds. The summed E-state index contributed by atoms with van der Waals surface area (Å²) in [4.78, 5) is 0. The predicted molar refractivity (Wildman–Crippen MR) is 127 cm³/mol. The van der Waals surface area contributed by atoms with Crippen LogP contribution in [0.25, 0.3) is 0 Å². The summed E-state index contributed by atoms with van der Waals surface area (Å²) >= 11 is 0. The molecule has 1 aromatic heterocycles. The van der Waals surface area contributed by atoms with E-state index in [-0.39, 0.29) is 0 Å². The summed E-state index contributed by atoms with van der Waals surface area (Å²) in [6.45, 7) is 10.0. The number of hydrogen-bond acceptors (Lipinski definition) is 3. The van der Waals surface area contributed by atoms with Crippen LogP contribution < -0.4 is 0 Å². The normalized spacial score (nSPS) is 41.9. The second-order valence-electron chi connectivity index (χ2n) is 12.0. The van der Waals surface area contributed by atoms with E-state index in [1.165, 1.54) is 57.8 Å². The highest BCUT2D eigenvalue weighted by Gasteiger charge is 2.57. The molecule has 32 heavy (non-hydrogen) atoms. The Morgan fingerprint density at radius 1 is 1.16 bits per heavy atom. The van der Waals surface area contributed by atoms with Gasteiger partial charge in [0.15, 0.2) is 5.69 Å². The maximum Gasteiger partial charge on any atom is 0.162 e. The van der Waals surface area contributed by atoms with Gasteiger partial charge in [-0.05, 0) is 124 Å². The first-order chi connectivity index (χ1) is 15.5. The van der Waals surface area contributed by atoms with Crippen LogP contribution in [-0.4, -0.2) is 23.0 Å². The summed E-state index contributed by atoms with van der Waals surface area (Å²) in [5.41, 5.74) is 1.05. The van der Waals surface area contributed by atoms with Gasteiger partial charge >= 0.3 is 0 Å². The third-order valence-electron chi connectivity index (χ3n) is 10.6. The zero-order valence-corrected chi connectivity index (χ0v) is 20.5. The van der Waals surface area contributed by atoms with Crippen molar-refractivity contribution in [1.82, 2.24) is 9.78 Å². The standard InChI is InChI=1S/C28H43N3O/c1-4-32-18-20-5-7-23-21(15-20)6-8-25-24(23)11-13-28(3)26(9-10-27(25)28)19(2)17-31-14-12-22(16-29)30-31/h12,14,19-21,23-27H,4-11,13,15,17-18H2,1-3H3/t19-,20?,21?,23?,24?,25?,26?,27?,28?/m1/s1. The van der Waals surface area contributed by atoms with Gasteiger partial charge in [-0.3, -0.25) is 4.68 Å². The van der Waals surface area contributed by atoms with Gasteiger partial charge in [0.1, 0.15) is 6.07 Å². The molecule has 176 valence electrons. The molecule has 4 saturated carbocycles. The SMILES string of the molecule is CCOCC1CCC2C(CCC3C2CCC2(C)C3CCC2[C@H](C)Cn2ccc(C#N)n2)C1. The quantitative estimate of drug-likeness (QED) is 0.524. The average molecular weight is 438 g/mol. The summed E-state index contributed by atoms with van der Waals surface area (Å²) in [5, 5.41) is 13.6. The molecule has 4 heteroatoms. The van der Waals surface area contributed by atoms with E-state index in [1.54, 1.807) is 0 Å². The second kappa shape index (κ2) is 9.13. The minimum absolute atomic E-state index is 0.505. The van der Waals surface area contributed by atoms with E-state index in [2.05, 4.69) is 31.9 Å². The number of nitriles is 1. The first-order valence-electron chi connectivity index (χ1n) is 13.5. The van der Waals surface area contributed by atoms with E-state index in [4.69, 9.17) is 10.00 Å². The van der Waals surface area contributed by atoms with Gasteiger partial charge < -0.3 is 4.74 Å². The summed E-state index contributed by atoms with van der Waals surface area (Å²) in [5.74, 6) is 7.13. The molecule has 4 nitrogen and oxygen atoms in total. The Morgan fingerprint density at radius 3 is 2.78 bits per heavy atom. The average Bonchev–Trinajstić information content (AvgIpc) is 3.40. The van der Waals surface area contributed by atoms with Gasteiger partial charge in [0, 0.05) is 26.0 Å². The van der Waals surface area contributed by atoms with Crippen molar-refractivity contribution >= 4 is 0 Å². The lowest BCUT2D eigenvalue weighted by Crippen LogP contribution is -2.49. The zero-order valence-electron chi connectivity index (χ0n) is 20.5. The molecule has 0 bridgehead atoms. The van der Waals surface area contributed by atoms with Crippen molar-refractivity contribution in [1.29, 1.82) is 5.26 Å². The maximum absolute atomic E-state index is 9.10. The predicted octanol–water partition coefficient (Wildman–Crippen LogP) is 6.31. The smallest absolute Gasteiger partial charge is 0.162 e. The van der Waals surface area contributed by atoms with Gasteiger partial charge in [-0.2, -0.15) is 10.4 Å². The highest BCUT2D eigenvalue weighted by atomic mass is 16.5. The molecule has 0 N–H and O–H groups in total. The third-order valence-corrected chi connectivity index (χ3v) is 10.6. The number of aromatic nitrogens is 2. The lowest BCUT2D eigenvalue weighted by atomic mass is 9.49. The minimum atomic E-state index is 0.505. The lowest BCUT2D eigenvalue weighted by molar-refractivity contribution is -0.0786. The van der Waals surface area contributed by atoms with Crippen LogP contribution in [0.15, 0.2) is 12.3 Å². The molecular weight excluding hydrogens is 394 g/mol. The third kappa shape index (κ3) is 3.93. The van der Waals surface area contributed by atoms with Gasteiger partial charge in [0.2, 0.25) is 0 Å². The van der Waals surface area contributed by atoms with E-state index >= 15 is 0 Å². The van der Waals surface area contributed by atoms with Crippen LogP contribution >= 0.6 is 0 Å².